The van der Waals surface area contributed by atoms with Crippen molar-refractivity contribution in [2.75, 3.05) is 60.7 Å². The molecule has 20 heteroatoms. The molecule has 3 aromatic heterocycles. The van der Waals surface area contributed by atoms with Crippen LogP contribution in [-0.4, -0.2) is 138 Å². The van der Waals surface area contributed by atoms with E-state index in [1.807, 2.05) is 54.4 Å². The lowest BCUT2D eigenvalue weighted by Gasteiger charge is -2.46. The van der Waals surface area contributed by atoms with Gasteiger partial charge < -0.3 is 44.3 Å². The number of aliphatic hydroxyl groups is 2. The lowest BCUT2D eigenvalue weighted by molar-refractivity contribution is -0.144. The first kappa shape index (κ1) is 50.8. The molecule has 2 aromatic carbocycles. The van der Waals surface area contributed by atoms with Crippen molar-refractivity contribution in [2.45, 2.75) is 62.7 Å². The summed E-state index contributed by atoms with van der Waals surface area (Å²) in [5.74, 6) is -0.319. The summed E-state index contributed by atoms with van der Waals surface area (Å²) in [6.45, 7) is 2.73. The number of amides is 2. The van der Waals surface area contributed by atoms with Crippen LogP contribution >= 0.6 is 0 Å². The minimum absolute atomic E-state index is 0.00809. The van der Waals surface area contributed by atoms with E-state index in [0.29, 0.717) is 51.9 Å². The standard InChI is InChI=1S/C40H47F3N6O7.C8H9NO3/c1-39(2,35-18-31(47-56-35)27-17-29(54-3)20-44-19-27)49-14-13-48(32(22-49)38(53)45-24-40(41,42)43)21-28(50)16-26(15-25-9-5-4-6-10-25)37(52)46-36-30-11-7-8-12-34(30)55-23-33(36)51;1-11-7-3-6(4-9-5-7)8(10)12-2/h4-12,17-20,26,28,32-33,36,50-51H,13-16,21-24H2,1-3H3,(H,45,53)(H,46,52);3-5H,1-2H3/t26-,28+,32+,33-,36+;/m1./s1. The van der Waals surface area contributed by atoms with Crippen molar-refractivity contribution in [1.82, 2.24) is 35.6 Å². The number of halogens is 3. The van der Waals surface area contributed by atoms with Gasteiger partial charge in [0.15, 0.2) is 5.76 Å². The maximum atomic E-state index is 14.0. The van der Waals surface area contributed by atoms with E-state index in [1.165, 1.54) is 33.7 Å². The summed E-state index contributed by atoms with van der Waals surface area (Å²) in [5, 5.41) is 31.6. The van der Waals surface area contributed by atoms with Crippen molar-refractivity contribution < 1.29 is 61.2 Å². The van der Waals surface area contributed by atoms with Gasteiger partial charge in [0.1, 0.15) is 48.2 Å². The zero-order valence-electron chi connectivity index (χ0n) is 38.3. The van der Waals surface area contributed by atoms with E-state index < -0.39 is 66.3 Å². The fourth-order valence-electron chi connectivity index (χ4n) is 8.03. The summed E-state index contributed by atoms with van der Waals surface area (Å²) >= 11 is 0. The lowest BCUT2D eigenvalue weighted by atomic mass is 9.90. The van der Waals surface area contributed by atoms with Crippen molar-refractivity contribution in [3.63, 3.8) is 0 Å². The highest BCUT2D eigenvalue weighted by atomic mass is 19.4. The van der Waals surface area contributed by atoms with Crippen LogP contribution in [0.1, 0.15) is 53.6 Å². The summed E-state index contributed by atoms with van der Waals surface area (Å²) in [6, 6.07) is 19.7. The zero-order valence-corrected chi connectivity index (χ0v) is 38.3. The number of hydrogen-bond acceptors (Lipinski definition) is 15. The molecule has 2 aliphatic heterocycles. The number of esters is 1. The number of aliphatic hydroxyl groups excluding tert-OH is 2. The average molecular weight is 948 g/mol. The van der Waals surface area contributed by atoms with Gasteiger partial charge in [0.2, 0.25) is 11.8 Å². The van der Waals surface area contributed by atoms with Crippen LogP contribution in [0.3, 0.4) is 0 Å². The summed E-state index contributed by atoms with van der Waals surface area (Å²) < 4.78 is 65.9. The number of benzene rings is 2. The van der Waals surface area contributed by atoms with Gasteiger partial charge in [-0.05, 0) is 50.5 Å². The highest BCUT2D eigenvalue weighted by Gasteiger charge is 2.43. The zero-order chi connectivity index (χ0) is 49.0. The summed E-state index contributed by atoms with van der Waals surface area (Å²) in [7, 11) is 4.36. The van der Waals surface area contributed by atoms with Gasteiger partial charge in [0, 0.05) is 61.7 Å². The number of β-amino-alcohol motifs (C(OH)–C–C–N with tert-alkyl or cyclic N) is 1. The number of nitrogens with one attached hydrogen (secondary N) is 2. The molecular weight excluding hydrogens is 892 g/mol. The lowest BCUT2D eigenvalue weighted by Crippen LogP contribution is -2.63. The van der Waals surface area contributed by atoms with E-state index in [2.05, 4.69) is 25.2 Å². The fourth-order valence-corrected chi connectivity index (χ4v) is 8.03. The second kappa shape index (κ2) is 22.9. The number of rotatable bonds is 16. The molecule has 0 aliphatic carbocycles. The molecule has 68 heavy (non-hydrogen) atoms. The summed E-state index contributed by atoms with van der Waals surface area (Å²) in [5.41, 5.74) is 2.18. The van der Waals surface area contributed by atoms with Gasteiger partial charge in [-0.25, -0.2) is 4.79 Å². The van der Waals surface area contributed by atoms with E-state index in [1.54, 1.807) is 59.8 Å². The van der Waals surface area contributed by atoms with Crippen LogP contribution in [0.2, 0.25) is 0 Å². The number of pyridine rings is 2. The van der Waals surface area contributed by atoms with Gasteiger partial charge in [0.05, 0.1) is 57.0 Å². The molecule has 17 nitrogen and oxygen atoms in total. The van der Waals surface area contributed by atoms with Gasteiger partial charge >= 0.3 is 12.1 Å². The van der Waals surface area contributed by atoms with Crippen molar-refractivity contribution in [2.24, 2.45) is 5.92 Å². The Balaban J connectivity index is 0.000000552. The van der Waals surface area contributed by atoms with E-state index in [-0.39, 0.29) is 39.1 Å². The minimum Gasteiger partial charge on any atom is -0.495 e. The summed E-state index contributed by atoms with van der Waals surface area (Å²) in [4.78, 5) is 50.0. The molecule has 4 N–H and O–H groups in total. The molecule has 5 heterocycles. The molecule has 1 saturated heterocycles. The smallest absolute Gasteiger partial charge is 0.405 e. The van der Waals surface area contributed by atoms with Crippen LogP contribution in [0, 0.1) is 5.92 Å². The Morgan fingerprint density at radius 2 is 1.60 bits per heavy atom. The van der Waals surface area contributed by atoms with Crippen LogP contribution in [-0.2, 0) is 26.3 Å². The maximum Gasteiger partial charge on any atom is 0.405 e. The van der Waals surface area contributed by atoms with E-state index in [0.717, 1.165) is 5.56 Å². The Morgan fingerprint density at radius 3 is 2.31 bits per heavy atom. The molecule has 5 atom stereocenters. The highest BCUT2D eigenvalue weighted by Crippen LogP contribution is 2.35. The molecule has 2 amide bonds. The number of carbonyl (C=O) groups is 3. The Labute approximate surface area is 391 Å². The van der Waals surface area contributed by atoms with Gasteiger partial charge in [-0.15, -0.1) is 0 Å². The third-order valence-corrected chi connectivity index (χ3v) is 11.8. The third-order valence-electron chi connectivity index (χ3n) is 11.8. The molecule has 0 bridgehead atoms. The maximum absolute atomic E-state index is 14.0. The molecule has 0 radical (unpaired) electrons. The first-order valence-corrected chi connectivity index (χ1v) is 21.8. The number of ether oxygens (including phenoxy) is 4. The molecule has 2 aliphatic rings. The van der Waals surface area contributed by atoms with Gasteiger partial charge in [-0.3, -0.25) is 29.4 Å². The number of piperazine rings is 1. The number of nitrogens with zero attached hydrogens (tertiary/aromatic N) is 5. The quantitative estimate of drug-likeness (QED) is 0.0985. The van der Waals surface area contributed by atoms with Gasteiger partial charge in [0.25, 0.3) is 0 Å². The first-order valence-electron chi connectivity index (χ1n) is 21.8. The van der Waals surface area contributed by atoms with Crippen LogP contribution in [0.5, 0.6) is 17.2 Å². The molecular formula is C48H56F3N7O10. The Hall–Kier alpha value is -6.61. The van der Waals surface area contributed by atoms with Crippen molar-refractivity contribution in [3.05, 3.63) is 120 Å². The molecule has 1 fully saturated rings. The molecule has 364 valence electrons. The number of fused-ring (bicyclic) bond motifs is 1. The first-order chi connectivity index (χ1) is 32.5. The minimum atomic E-state index is -4.63. The van der Waals surface area contributed by atoms with Crippen LogP contribution < -0.4 is 24.8 Å². The van der Waals surface area contributed by atoms with Gasteiger partial charge in [-0.1, -0.05) is 53.7 Å². The van der Waals surface area contributed by atoms with Crippen molar-refractivity contribution in [3.8, 4) is 28.5 Å². The van der Waals surface area contributed by atoms with Crippen molar-refractivity contribution in [1.29, 1.82) is 0 Å². The second-order valence-corrected chi connectivity index (χ2v) is 16.8. The Bertz CT molecular complexity index is 2460. The number of methoxy groups -OCH3 is 3. The molecule has 7 rings (SSSR count). The number of hydrogen-bond donors (Lipinski definition) is 4. The van der Waals surface area contributed by atoms with Crippen LogP contribution in [0.4, 0.5) is 13.2 Å². The van der Waals surface area contributed by atoms with Crippen LogP contribution in [0.15, 0.2) is 102 Å². The monoisotopic (exact) mass is 947 g/mol. The highest BCUT2D eigenvalue weighted by molar-refractivity contribution is 5.89. The predicted octanol–water partition coefficient (Wildman–Crippen LogP) is 4.74. The molecule has 0 unspecified atom stereocenters. The van der Waals surface area contributed by atoms with E-state index >= 15 is 0 Å². The molecule has 5 aromatic rings. The SMILES string of the molecule is COC(=O)c1cncc(OC)c1.COc1cncc(-c2cc(C(C)(C)N3CCN(C[C@@H](O)C[C@@H](Cc4ccccc4)C(=O)N[C@H]4c5ccccc5OC[C@H]4O)[C@H](C(=O)NCC(F)(F)F)C3)on2)c1. The predicted molar refractivity (Wildman–Crippen MR) is 241 cm³/mol. The number of carbonyl (C=O) groups excluding carboxylic acids is 3. The summed E-state index contributed by atoms with van der Waals surface area (Å²) in [6.07, 6.45) is -0.413. The number of para-hydroxylation sites is 1. The second-order valence-electron chi connectivity index (χ2n) is 16.8. The topological polar surface area (TPSA) is 211 Å². The fraction of sp³-hybridized carbons (Fsp3) is 0.417. The Morgan fingerprint density at radius 1 is 0.912 bits per heavy atom. The van der Waals surface area contributed by atoms with Crippen molar-refractivity contribution >= 4 is 17.8 Å². The average Bonchev–Trinajstić information content (AvgIpc) is 3.86. The number of alkyl halides is 3. The number of aromatic nitrogens is 3. The Kier molecular flexibility index (Phi) is 17.1. The van der Waals surface area contributed by atoms with E-state index in [4.69, 9.17) is 18.7 Å². The molecule has 0 spiro atoms. The normalized spacial score (nSPS) is 18.4. The molecule has 0 saturated carbocycles. The van der Waals surface area contributed by atoms with Gasteiger partial charge in [-0.2, -0.15) is 13.2 Å². The van der Waals surface area contributed by atoms with Crippen LogP contribution in [0.25, 0.3) is 11.3 Å². The van der Waals surface area contributed by atoms with E-state index in [9.17, 15) is 37.8 Å². The third kappa shape index (κ3) is 13.3. The largest absolute Gasteiger partial charge is 0.495 e.